The second-order valence-electron chi connectivity index (χ2n) is 6.52. The van der Waals surface area contributed by atoms with E-state index in [2.05, 4.69) is 0 Å². The normalized spacial score (nSPS) is 22.3. The molecule has 0 spiro atoms. The van der Waals surface area contributed by atoms with E-state index < -0.39 is 10.0 Å². The molecule has 120 valence electrons. The quantitative estimate of drug-likeness (QED) is 0.853. The van der Waals surface area contributed by atoms with Crippen molar-refractivity contribution in [2.75, 3.05) is 6.54 Å². The van der Waals surface area contributed by atoms with Gasteiger partial charge in [0.1, 0.15) is 0 Å². The van der Waals surface area contributed by atoms with Crippen molar-refractivity contribution < 1.29 is 8.42 Å². The molecule has 0 amide bonds. The summed E-state index contributed by atoms with van der Waals surface area (Å²) in [7, 11) is -3.44. The van der Waals surface area contributed by atoms with Crippen LogP contribution in [-0.4, -0.2) is 25.3 Å². The van der Waals surface area contributed by atoms with Gasteiger partial charge in [-0.15, -0.1) is 0 Å². The lowest BCUT2D eigenvalue weighted by atomic mass is 10.1. The Labute approximate surface area is 138 Å². The van der Waals surface area contributed by atoms with Gasteiger partial charge in [-0.25, -0.2) is 8.42 Å². The summed E-state index contributed by atoms with van der Waals surface area (Å²) in [5.41, 5.74) is 1.75. The summed E-state index contributed by atoms with van der Waals surface area (Å²) >= 11 is 0. The molecule has 2 aromatic rings. The zero-order valence-electron chi connectivity index (χ0n) is 13.1. The molecule has 0 radical (unpaired) electrons. The van der Waals surface area contributed by atoms with Crippen molar-refractivity contribution in [3.05, 3.63) is 54.6 Å². The van der Waals surface area contributed by atoms with E-state index in [4.69, 9.17) is 0 Å². The van der Waals surface area contributed by atoms with Gasteiger partial charge in [0.15, 0.2) is 0 Å². The van der Waals surface area contributed by atoms with Gasteiger partial charge in [-0.1, -0.05) is 48.5 Å². The van der Waals surface area contributed by atoms with Gasteiger partial charge in [0.05, 0.1) is 4.90 Å². The van der Waals surface area contributed by atoms with E-state index in [0.29, 0.717) is 17.4 Å². The molecule has 0 aromatic heterocycles. The average molecular weight is 327 g/mol. The zero-order chi connectivity index (χ0) is 15.9. The minimum absolute atomic E-state index is 0.212. The Balaban J connectivity index is 1.78. The third-order valence-corrected chi connectivity index (χ3v) is 6.96. The Bertz CT molecular complexity index is 797. The van der Waals surface area contributed by atoms with Crippen LogP contribution in [0.4, 0.5) is 0 Å². The molecule has 1 atom stereocenters. The first-order valence-electron chi connectivity index (χ1n) is 8.34. The molecule has 0 N–H and O–H groups in total. The molecule has 1 saturated heterocycles. The third-order valence-electron chi connectivity index (χ3n) is 4.97. The first-order chi connectivity index (χ1) is 11.2. The largest absolute Gasteiger partial charge is 0.243 e. The predicted octanol–water partition coefficient (Wildman–Crippen LogP) is 3.92. The Morgan fingerprint density at radius 1 is 0.870 bits per heavy atom. The van der Waals surface area contributed by atoms with E-state index in [1.807, 2.05) is 48.5 Å². The van der Waals surface area contributed by atoms with E-state index in [1.54, 1.807) is 10.4 Å². The van der Waals surface area contributed by atoms with Crippen LogP contribution in [0.25, 0.3) is 11.1 Å². The predicted molar refractivity (Wildman–Crippen MR) is 91.5 cm³/mol. The maximum atomic E-state index is 13.3. The zero-order valence-corrected chi connectivity index (χ0v) is 13.9. The molecule has 1 saturated carbocycles. The molecule has 1 aliphatic carbocycles. The number of sulfonamides is 1. The summed E-state index contributed by atoms with van der Waals surface area (Å²) in [5.74, 6) is 0.580. The highest BCUT2D eigenvalue weighted by Crippen LogP contribution is 2.43. The molecule has 3 nitrogen and oxygen atoms in total. The second-order valence-corrected chi connectivity index (χ2v) is 8.38. The summed E-state index contributed by atoms with van der Waals surface area (Å²) in [6.07, 6.45) is 4.35. The SMILES string of the molecule is O=S(=O)(c1ccccc1-c1ccccc1)N1CCC[C@@H]1C1CC1. The first kappa shape index (κ1) is 14.9. The van der Waals surface area contributed by atoms with Gasteiger partial charge in [-0.3, -0.25) is 0 Å². The van der Waals surface area contributed by atoms with E-state index in [9.17, 15) is 8.42 Å². The highest BCUT2D eigenvalue weighted by Gasteiger charge is 2.43. The summed E-state index contributed by atoms with van der Waals surface area (Å²) < 4.78 is 28.4. The first-order valence-corrected chi connectivity index (χ1v) is 9.78. The molecule has 1 aliphatic heterocycles. The van der Waals surface area contributed by atoms with E-state index in [1.165, 1.54) is 12.8 Å². The van der Waals surface area contributed by atoms with Crippen LogP contribution in [0, 0.1) is 5.92 Å². The maximum absolute atomic E-state index is 13.3. The van der Waals surface area contributed by atoms with Crippen molar-refractivity contribution in [3.8, 4) is 11.1 Å². The van der Waals surface area contributed by atoms with E-state index in [0.717, 1.165) is 24.0 Å². The maximum Gasteiger partial charge on any atom is 0.243 e. The van der Waals surface area contributed by atoms with E-state index in [-0.39, 0.29) is 6.04 Å². The molecular formula is C19H21NO2S. The second kappa shape index (κ2) is 5.77. The van der Waals surface area contributed by atoms with Gasteiger partial charge in [0.25, 0.3) is 0 Å². The molecule has 0 unspecified atom stereocenters. The number of benzene rings is 2. The fourth-order valence-electron chi connectivity index (χ4n) is 3.69. The van der Waals surface area contributed by atoms with Gasteiger partial charge in [-0.2, -0.15) is 4.31 Å². The highest BCUT2D eigenvalue weighted by atomic mass is 32.2. The molecular weight excluding hydrogens is 306 g/mol. The number of nitrogens with zero attached hydrogens (tertiary/aromatic N) is 1. The van der Waals surface area contributed by atoms with Crippen molar-refractivity contribution in [1.82, 2.24) is 4.31 Å². The number of hydrogen-bond donors (Lipinski definition) is 0. The van der Waals surface area contributed by atoms with Gasteiger partial charge in [0, 0.05) is 18.2 Å². The van der Waals surface area contributed by atoms with Crippen molar-refractivity contribution >= 4 is 10.0 Å². The average Bonchev–Trinajstić information content (AvgIpc) is 3.31. The van der Waals surface area contributed by atoms with Gasteiger partial charge >= 0.3 is 0 Å². The van der Waals surface area contributed by atoms with Crippen LogP contribution in [0.3, 0.4) is 0 Å². The molecule has 0 bridgehead atoms. The lowest BCUT2D eigenvalue weighted by Gasteiger charge is -2.25. The Morgan fingerprint density at radius 2 is 1.57 bits per heavy atom. The minimum Gasteiger partial charge on any atom is -0.207 e. The van der Waals surface area contributed by atoms with Crippen LogP contribution in [0.2, 0.25) is 0 Å². The van der Waals surface area contributed by atoms with Crippen LogP contribution in [0.1, 0.15) is 25.7 Å². The molecule has 4 rings (SSSR count). The molecule has 2 aromatic carbocycles. The molecule has 1 heterocycles. The molecule has 2 fully saturated rings. The molecule has 4 heteroatoms. The van der Waals surface area contributed by atoms with Crippen molar-refractivity contribution in [2.24, 2.45) is 5.92 Å². The summed E-state index contributed by atoms with van der Waals surface area (Å²) in [5, 5.41) is 0. The Hall–Kier alpha value is -1.65. The molecule has 23 heavy (non-hydrogen) atoms. The summed E-state index contributed by atoms with van der Waals surface area (Å²) in [6.45, 7) is 0.659. The van der Waals surface area contributed by atoms with Crippen LogP contribution >= 0.6 is 0 Å². The topological polar surface area (TPSA) is 37.4 Å². The summed E-state index contributed by atoms with van der Waals surface area (Å²) in [6, 6.07) is 17.4. The Morgan fingerprint density at radius 3 is 2.30 bits per heavy atom. The standard InChI is InChI=1S/C19H21NO2S/c21-23(22,20-14-6-10-18(20)16-12-13-16)19-11-5-4-9-17(19)15-7-2-1-3-8-15/h1-5,7-9,11,16,18H,6,10,12-14H2/t18-/m1/s1. The smallest absolute Gasteiger partial charge is 0.207 e. The summed E-state index contributed by atoms with van der Waals surface area (Å²) in [4.78, 5) is 0.443. The fraction of sp³-hybridized carbons (Fsp3) is 0.368. The van der Waals surface area contributed by atoms with Gasteiger partial charge in [-0.05, 0) is 43.2 Å². The van der Waals surface area contributed by atoms with Crippen molar-refractivity contribution in [2.45, 2.75) is 36.6 Å². The van der Waals surface area contributed by atoms with Crippen LogP contribution in [-0.2, 0) is 10.0 Å². The van der Waals surface area contributed by atoms with E-state index >= 15 is 0 Å². The van der Waals surface area contributed by atoms with Crippen LogP contribution in [0.5, 0.6) is 0 Å². The lowest BCUT2D eigenvalue weighted by molar-refractivity contribution is 0.356. The monoisotopic (exact) mass is 327 g/mol. The third kappa shape index (κ3) is 2.70. The van der Waals surface area contributed by atoms with Gasteiger partial charge in [0.2, 0.25) is 10.0 Å². The molecule has 2 aliphatic rings. The van der Waals surface area contributed by atoms with Crippen LogP contribution in [0.15, 0.2) is 59.5 Å². The van der Waals surface area contributed by atoms with Crippen molar-refractivity contribution in [1.29, 1.82) is 0 Å². The van der Waals surface area contributed by atoms with Crippen LogP contribution < -0.4 is 0 Å². The fourth-order valence-corrected chi connectivity index (χ4v) is 5.66. The number of rotatable bonds is 4. The lowest BCUT2D eigenvalue weighted by Crippen LogP contribution is -2.37. The minimum atomic E-state index is -3.44. The number of hydrogen-bond acceptors (Lipinski definition) is 2. The highest BCUT2D eigenvalue weighted by molar-refractivity contribution is 7.89. The van der Waals surface area contributed by atoms with Gasteiger partial charge < -0.3 is 0 Å². The Kier molecular flexibility index (Phi) is 3.74. The van der Waals surface area contributed by atoms with Crippen molar-refractivity contribution in [3.63, 3.8) is 0 Å².